The number of carbonyl (C=O) groups excluding carboxylic acids is 1. The third-order valence-electron chi connectivity index (χ3n) is 5.23. The van der Waals surface area contributed by atoms with Gasteiger partial charge in [-0.15, -0.1) is 0 Å². The van der Waals surface area contributed by atoms with E-state index < -0.39 is 15.9 Å². The predicted molar refractivity (Wildman–Crippen MR) is 129 cm³/mol. The van der Waals surface area contributed by atoms with Gasteiger partial charge in [-0.2, -0.15) is 0 Å². The van der Waals surface area contributed by atoms with Crippen LogP contribution in [0.1, 0.15) is 22.0 Å². The van der Waals surface area contributed by atoms with E-state index in [4.69, 9.17) is 11.6 Å². The Bertz CT molecular complexity index is 1180. The van der Waals surface area contributed by atoms with Crippen LogP contribution >= 0.6 is 11.6 Å². The van der Waals surface area contributed by atoms with Gasteiger partial charge in [0.2, 0.25) is 0 Å². The highest BCUT2D eigenvalue weighted by Gasteiger charge is 2.27. The van der Waals surface area contributed by atoms with E-state index in [2.05, 4.69) is 5.32 Å². The van der Waals surface area contributed by atoms with Crippen LogP contribution in [0.15, 0.2) is 83.8 Å². The fraction of sp³-hybridized carbons (Fsp3) is 0.208. The van der Waals surface area contributed by atoms with Gasteiger partial charge >= 0.3 is 0 Å². The zero-order valence-electron chi connectivity index (χ0n) is 18.2. The van der Waals surface area contributed by atoms with Gasteiger partial charge in [0.25, 0.3) is 15.9 Å². The summed E-state index contributed by atoms with van der Waals surface area (Å²) in [5.41, 5.74) is 1.48. The quantitative estimate of drug-likeness (QED) is 0.534. The summed E-state index contributed by atoms with van der Waals surface area (Å²) < 4.78 is 27.8. The first kappa shape index (κ1) is 23.8. The summed E-state index contributed by atoms with van der Waals surface area (Å²) in [6.07, 6.45) is 0. The number of anilines is 1. The van der Waals surface area contributed by atoms with E-state index in [0.717, 1.165) is 5.56 Å². The second-order valence-electron chi connectivity index (χ2n) is 7.52. The Morgan fingerprint density at radius 2 is 1.50 bits per heavy atom. The van der Waals surface area contributed by atoms with Gasteiger partial charge in [0, 0.05) is 18.6 Å². The summed E-state index contributed by atoms with van der Waals surface area (Å²) in [5.74, 6) is -0.468. The van der Waals surface area contributed by atoms with Crippen LogP contribution in [0.3, 0.4) is 0 Å². The Hall–Kier alpha value is -2.87. The maximum atomic E-state index is 13.3. The van der Waals surface area contributed by atoms with Crippen LogP contribution in [0.25, 0.3) is 0 Å². The molecule has 0 saturated heterocycles. The first-order valence-corrected chi connectivity index (χ1v) is 11.9. The Balaban J connectivity index is 1.86. The number of nitrogens with zero attached hydrogens (tertiary/aromatic N) is 2. The lowest BCUT2D eigenvalue weighted by atomic mass is 10.1. The Labute approximate surface area is 194 Å². The van der Waals surface area contributed by atoms with Crippen molar-refractivity contribution in [3.63, 3.8) is 0 Å². The molecule has 0 spiro atoms. The molecule has 3 aromatic rings. The lowest BCUT2D eigenvalue weighted by Gasteiger charge is -2.26. The van der Waals surface area contributed by atoms with Crippen LogP contribution < -0.4 is 9.62 Å². The molecular weight excluding hydrogens is 446 g/mol. The fourth-order valence-corrected chi connectivity index (χ4v) is 5.05. The van der Waals surface area contributed by atoms with Gasteiger partial charge in [-0.05, 0) is 50.0 Å². The van der Waals surface area contributed by atoms with Crippen LogP contribution in [0.4, 0.5) is 5.69 Å². The van der Waals surface area contributed by atoms with Crippen molar-refractivity contribution in [1.29, 1.82) is 0 Å². The maximum Gasteiger partial charge on any atom is 0.264 e. The average molecular weight is 472 g/mol. The number of likely N-dealkylation sites (N-methyl/N-ethyl adjacent to an activating group) is 1. The van der Waals surface area contributed by atoms with E-state index in [1.807, 2.05) is 43.3 Å². The molecule has 0 aliphatic heterocycles. The number of halogens is 1. The van der Waals surface area contributed by atoms with E-state index in [1.165, 1.54) is 23.5 Å². The number of benzene rings is 3. The molecule has 0 saturated carbocycles. The molecule has 0 heterocycles. The van der Waals surface area contributed by atoms with E-state index in [9.17, 15) is 13.2 Å². The second kappa shape index (κ2) is 10.2. The second-order valence-corrected chi connectivity index (χ2v) is 9.86. The Morgan fingerprint density at radius 1 is 0.906 bits per heavy atom. The van der Waals surface area contributed by atoms with Crippen molar-refractivity contribution in [2.24, 2.45) is 0 Å². The molecule has 0 aromatic heterocycles. The molecule has 0 bridgehead atoms. The number of nitrogens with one attached hydrogen (secondary N) is 1. The topological polar surface area (TPSA) is 69.7 Å². The highest BCUT2D eigenvalue weighted by atomic mass is 35.5. The molecule has 32 heavy (non-hydrogen) atoms. The van der Waals surface area contributed by atoms with Gasteiger partial charge in [-0.3, -0.25) is 9.10 Å². The lowest BCUT2D eigenvalue weighted by Crippen LogP contribution is -2.36. The lowest BCUT2D eigenvalue weighted by molar-refractivity contribution is 0.0938. The fourth-order valence-electron chi connectivity index (χ4n) is 3.40. The zero-order valence-corrected chi connectivity index (χ0v) is 19.8. The third kappa shape index (κ3) is 5.12. The monoisotopic (exact) mass is 471 g/mol. The summed E-state index contributed by atoms with van der Waals surface area (Å²) in [6, 6.07) is 22.2. The van der Waals surface area contributed by atoms with E-state index in [-0.39, 0.29) is 23.0 Å². The minimum Gasteiger partial charge on any atom is -0.350 e. The van der Waals surface area contributed by atoms with Crippen LogP contribution in [0, 0.1) is 0 Å². The van der Waals surface area contributed by atoms with Crippen LogP contribution in [-0.2, 0) is 10.0 Å². The molecule has 1 unspecified atom stereocenters. The molecular formula is C24H26ClN3O3S. The van der Waals surface area contributed by atoms with E-state index in [1.54, 1.807) is 42.5 Å². The van der Waals surface area contributed by atoms with Crippen LogP contribution in [0.2, 0.25) is 5.02 Å². The van der Waals surface area contributed by atoms with Gasteiger partial charge in [0.15, 0.2) is 0 Å². The van der Waals surface area contributed by atoms with Crippen LogP contribution in [-0.4, -0.2) is 46.9 Å². The molecule has 6 nitrogen and oxygen atoms in total. The number of amides is 1. The summed E-state index contributed by atoms with van der Waals surface area (Å²) in [6.45, 7) is 0.262. The average Bonchev–Trinajstić information content (AvgIpc) is 2.80. The van der Waals surface area contributed by atoms with E-state index in [0.29, 0.717) is 10.7 Å². The van der Waals surface area contributed by atoms with Gasteiger partial charge < -0.3 is 10.2 Å². The molecule has 1 atom stereocenters. The van der Waals surface area contributed by atoms with Crippen molar-refractivity contribution < 1.29 is 13.2 Å². The first-order valence-electron chi connectivity index (χ1n) is 10.1. The maximum absolute atomic E-state index is 13.3. The van der Waals surface area contributed by atoms with Gasteiger partial charge in [0.1, 0.15) is 4.90 Å². The van der Waals surface area contributed by atoms with Gasteiger partial charge in [-0.25, -0.2) is 8.42 Å². The van der Waals surface area contributed by atoms with Gasteiger partial charge in [0.05, 0.1) is 17.3 Å². The van der Waals surface area contributed by atoms with Crippen molar-refractivity contribution in [2.45, 2.75) is 10.9 Å². The van der Waals surface area contributed by atoms with Crippen molar-refractivity contribution in [2.75, 3.05) is 32.0 Å². The predicted octanol–water partition coefficient (Wildman–Crippen LogP) is 4.20. The SMILES string of the molecule is CN(C)C(CNC(=O)c1ccccc1S(=O)(=O)N(C)c1ccccc1)c1ccccc1Cl. The largest absolute Gasteiger partial charge is 0.350 e. The number of carbonyl (C=O) groups is 1. The van der Waals surface area contributed by atoms with Crippen molar-refractivity contribution in [1.82, 2.24) is 10.2 Å². The Morgan fingerprint density at radius 3 is 2.16 bits per heavy atom. The molecule has 168 valence electrons. The van der Waals surface area contributed by atoms with Gasteiger partial charge in [-0.1, -0.05) is 60.1 Å². The number of sulfonamides is 1. The van der Waals surface area contributed by atoms with Crippen LogP contribution in [0.5, 0.6) is 0 Å². The third-order valence-corrected chi connectivity index (χ3v) is 7.42. The number of hydrogen-bond donors (Lipinski definition) is 1. The smallest absolute Gasteiger partial charge is 0.264 e. The van der Waals surface area contributed by atoms with E-state index >= 15 is 0 Å². The number of hydrogen-bond acceptors (Lipinski definition) is 4. The highest BCUT2D eigenvalue weighted by Crippen LogP contribution is 2.27. The molecule has 1 amide bonds. The minimum absolute atomic E-state index is 0.0528. The number of para-hydroxylation sites is 1. The van der Waals surface area contributed by atoms with Crippen molar-refractivity contribution in [3.8, 4) is 0 Å². The van der Waals surface area contributed by atoms with Crippen molar-refractivity contribution >= 4 is 33.2 Å². The normalized spacial score (nSPS) is 12.4. The highest BCUT2D eigenvalue weighted by molar-refractivity contribution is 7.92. The number of rotatable bonds is 8. The van der Waals surface area contributed by atoms with Crippen molar-refractivity contribution in [3.05, 3.63) is 95.0 Å². The summed E-state index contributed by atoms with van der Waals surface area (Å²) in [7, 11) is 1.32. The first-order chi connectivity index (χ1) is 15.2. The molecule has 8 heteroatoms. The molecule has 0 radical (unpaired) electrons. The summed E-state index contributed by atoms with van der Waals surface area (Å²) >= 11 is 6.35. The molecule has 3 rings (SSSR count). The summed E-state index contributed by atoms with van der Waals surface area (Å²) in [5, 5.41) is 3.48. The standard InChI is InChI=1S/C24H26ClN3O3S/c1-27(2)22(19-13-7-9-15-21(19)25)17-26-24(29)20-14-8-10-16-23(20)32(30,31)28(3)18-11-5-4-6-12-18/h4-16,22H,17H2,1-3H3,(H,26,29). The minimum atomic E-state index is -3.94. The Kier molecular flexibility index (Phi) is 7.56. The molecule has 0 aliphatic rings. The zero-order chi connectivity index (χ0) is 23.3. The molecule has 0 aliphatic carbocycles. The molecule has 3 aromatic carbocycles. The molecule has 0 fully saturated rings. The molecule has 1 N–H and O–H groups in total. The summed E-state index contributed by atoms with van der Waals surface area (Å²) in [4.78, 5) is 15.0.